The van der Waals surface area contributed by atoms with E-state index in [-0.39, 0.29) is 24.8 Å². The number of ether oxygens (including phenoxy) is 4. The van der Waals surface area contributed by atoms with Crippen molar-refractivity contribution in [1.82, 2.24) is 0 Å². The molecule has 6 nitrogen and oxygen atoms in total. The van der Waals surface area contributed by atoms with Crippen LogP contribution in [0, 0.1) is 0 Å². The summed E-state index contributed by atoms with van der Waals surface area (Å²) in [7, 11) is 2.78. The zero-order valence-electron chi connectivity index (χ0n) is 20.5. The smallest absolute Gasteiger partial charge is 0.399 e. The van der Waals surface area contributed by atoms with E-state index < -0.39 is 7.12 Å². The summed E-state index contributed by atoms with van der Waals surface area (Å²) >= 11 is 15.5. The van der Waals surface area contributed by atoms with Gasteiger partial charge in [-0.15, -0.1) is 0 Å². The Labute approximate surface area is 221 Å². The highest BCUT2D eigenvalue weighted by atomic mass is 79.9. The van der Waals surface area contributed by atoms with Crippen molar-refractivity contribution in [1.29, 1.82) is 0 Å². The van der Waals surface area contributed by atoms with Crippen LogP contribution < -0.4 is 5.46 Å². The molecule has 0 N–H and O–H groups in total. The van der Waals surface area contributed by atoms with Gasteiger partial charge in [-0.3, -0.25) is 0 Å². The lowest BCUT2D eigenvalue weighted by Gasteiger charge is -2.32. The molecule has 10 heteroatoms. The maximum absolute atomic E-state index is 6.19. The van der Waals surface area contributed by atoms with Crippen LogP contribution in [0.2, 0.25) is 10.0 Å². The van der Waals surface area contributed by atoms with Gasteiger partial charge in [-0.05, 0) is 68.6 Å². The summed E-state index contributed by atoms with van der Waals surface area (Å²) in [5.41, 5.74) is 2.07. The Morgan fingerprint density at radius 1 is 0.794 bits per heavy atom. The van der Waals surface area contributed by atoms with E-state index in [2.05, 4.69) is 15.9 Å². The molecule has 1 aliphatic rings. The highest BCUT2D eigenvalue weighted by molar-refractivity contribution is 9.10. The third-order valence-electron chi connectivity index (χ3n) is 5.52. The predicted molar refractivity (Wildman–Crippen MR) is 140 cm³/mol. The quantitative estimate of drug-likeness (QED) is 0.208. The van der Waals surface area contributed by atoms with Gasteiger partial charge in [-0.1, -0.05) is 51.3 Å². The van der Waals surface area contributed by atoms with Crippen LogP contribution in [0.3, 0.4) is 0 Å². The molecule has 0 bridgehead atoms. The molecule has 1 saturated heterocycles. The van der Waals surface area contributed by atoms with Gasteiger partial charge in [0.1, 0.15) is 13.6 Å². The Hall–Kier alpha value is -0.675. The Morgan fingerprint density at radius 3 is 1.76 bits per heavy atom. The monoisotopic (exact) mass is 576 g/mol. The number of halogens is 3. The molecular formula is C24H32BBrCl2O6. The van der Waals surface area contributed by atoms with Gasteiger partial charge in [-0.25, -0.2) is 0 Å². The van der Waals surface area contributed by atoms with Gasteiger partial charge in [0.05, 0.1) is 24.4 Å². The van der Waals surface area contributed by atoms with E-state index in [0.29, 0.717) is 23.3 Å². The van der Waals surface area contributed by atoms with Gasteiger partial charge in [-0.2, -0.15) is 0 Å². The standard InChI is InChI=1S/C15H22BClO4.C9H10BrClO2/c1-14(2)15(3,4)21-16(20-14)12-6-7-13(17)11(8-12)9-19-10-18-5;1-12-6-13-5-7-4-8(10)2-3-9(7)11/h6-8H,9-10H2,1-5H3;2-4H,5-6H2,1H3. The molecule has 34 heavy (non-hydrogen) atoms. The van der Waals surface area contributed by atoms with Gasteiger partial charge in [0, 0.05) is 28.7 Å². The molecule has 0 unspecified atom stereocenters. The molecule has 1 aliphatic heterocycles. The average molecular weight is 578 g/mol. The minimum atomic E-state index is -0.395. The highest BCUT2D eigenvalue weighted by Gasteiger charge is 2.51. The number of hydrogen-bond acceptors (Lipinski definition) is 6. The van der Waals surface area contributed by atoms with E-state index >= 15 is 0 Å². The van der Waals surface area contributed by atoms with E-state index in [0.717, 1.165) is 21.1 Å². The van der Waals surface area contributed by atoms with Crippen LogP contribution in [0.25, 0.3) is 0 Å². The molecule has 2 aromatic rings. The molecule has 0 amide bonds. The van der Waals surface area contributed by atoms with Gasteiger partial charge in [0.25, 0.3) is 0 Å². The van der Waals surface area contributed by atoms with Crippen molar-refractivity contribution in [3.63, 3.8) is 0 Å². The van der Waals surface area contributed by atoms with Crippen molar-refractivity contribution in [2.24, 2.45) is 0 Å². The fraction of sp³-hybridized carbons (Fsp3) is 0.500. The average Bonchev–Trinajstić information content (AvgIpc) is 2.99. The first-order valence-electron chi connectivity index (χ1n) is 10.7. The van der Waals surface area contributed by atoms with Crippen LogP contribution >= 0.6 is 39.1 Å². The molecular weight excluding hydrogens is 546 g/mol. The minimum absolute atomic E-state index is 0.233. The molecule has 0 atom stereocenters. The summed E-state index contributed by atoms with van der Waals surface area (Å²) in [6, 6.07) is 11.4. The van der Waals surface area contributed by atoms with Gasteiger partial charge in [0.2, 0.25) is 0 Å². The first-order valence-corrected chi connectivity index (χ1v) is 12.3. The van der Waals surface area contributed by atoms with Gasteiger partial charge < -0.3 is 28.3 Å². The SMILES string of the molecule is COCOCc1cc(B2OC(C)(C)C(C)(C)O2)ccc1Cl.COCOCc1cc(Br)ccc1Cl. The zero-order valence-corrected chi connectivity index (χ0v) is 23.6. The number of benzene rings is 2. The third-order valence-corrected chi connectivity index (χ3v) is 6.75. The molecule has 3 rings (SSSR count). The molecule has 0 spiro atoms. The molecule has 0 saturated carbocycles. The lowest BCUT2D eigenvalue weighted by molar-refractivity contribution is -0.0391. The van der Waals surface area contributed by atoms with Crippen LogP contribution in [-0.2, 0) is 41.5 Å². The summed E-state index contributed by atoms with van der Waals surface area (Å²) < 4.78 is 33.2. The molecule has 0 radical (unpaired) electrons. The van der Waals surface area contributed by atoms with E-state index in [9.17, 15) is 0 Å². The van der Waals surface area contributed by atoms with E-state index in [4.69, 9.17) is 51.5 Å². The molecule has 2 aromatic carbocycles. The van der Waals surface area contributed by atoms with E-state index in [1.54, 1.807) is 14.2 Å². The van der Waals surface area contributed by atoms with Crippen molar-refractivity contribution < 1.29 is 28.3 Å². The Kier molecular flexibility index (Phi) is 11.8. The number of hydrogen-bond donors (Lipinski definition) is 0. The lowest BCUT2D eigenvalue weighted by Crippen LogP contribution is -2.41. The van der Waals surface area contributed by atoms with Crippen molar-refractivity contribution in [2.45, 2.75) is 52.1 Å². The summed E-state index contributed by atoms with van der Waals surface area (Å²) in [5.74, 6) is 0. The lowest BCUT2D eigenvalue weighted by atomic mass is 9.78. The summed E-state index contributed by atoms with van der Waals surface area (Å²) in [4.78, 5) is 0. The zero-order chi connectivity index (χ0) is 25.4. The van der Waals surface area contributed by atoms with Gasteiger partial charge >= 0.3 is 7.12 Å². The van der Waals surface area contributed by atoms with Crippen LogP contribution in [0.15, 0.2) is 40.9 Å². The van der Waals surface area contributed by atoms with Crippen molar-refractivity contribution in [3.05, 3.63) is 62.0 Å². The van der Waals surface area contributed by atoms with Crippen LogP contribution in [0.4, 0.5) is 0 Å². The second kappa shape index (κ2) is 13.6. The Bertz CT molecular complexity index is 912. The topological polar surface area (TPSA) is 55.4 Å². The van der Waals surface area contributed by atoms with Crippen molar-refractivity contribution >= 4 is 51.7 Å². The Morgan fingerprint density at radius 2 is 1.26 bits per heavy atom. The molecule has 1 fully saturated rings. The number of methoxy groups -OCH3 is 2. The normalized spacial score (nSPS) is 16.3. The maximum atomic E-state index is 6.19. The molecule has 0 aromatic heterocycles. The Balaban J connectivity index is 0.000000270. The fourth-order valence-electron chi connectivity index (χ4n) is 2.95. The highest BCUT2D eigenvalue weighted by Crippen LogP contribution is 2.36. The largest absolute Gasteiger partial charge is 0.494 e. The molecule has 0 aliphatic carbocycles. The summed E-state index contributed by atoms with van der Waals surface area (Å²) in [6.07, 6.45) is 0. The van der Waals surface area contributed by atoms with Crippen LogP contribution in [0.1, 0.15) is 38.8 Å². The number of rotatable bonds is 9. The first-order chi connectivity index (χ1) is 16.0. The van der Waals surface area contributed by atoms with Crippen molar-refractivity contribution in [2.75, 3.05) is 27.8 Å². The fourth-order valence-corrected chi connectivity index (χ4v) is 3.71. The van der Waals surface area contributed by atoms with Crippen LogP contribution in [0.5, 0.6) is 0 Å². The third kappa shape index (κ3) is 8.47. The molecule has 1 heterocycles. The first kappa shape index (κ1) is 29.6. The van der Waals surface area contributed by atoms with E-state index in [1.165, 1.54) is 0 Å². The second-order valence-corrected chi connectivity index (χ2v) is 10.4. The molecule has 188 valence electrons. The van der Waals surface area contributed by atoms with Crippen molar-refractivity contribution in [3.8, 4) is 0 Å². The minimum Gasteiger partial charge on any atom is -0.399 e. The van der Waals surface area contributed by atoms with Gasteiger partial charge in [0.15, 0.2) is 0 Å². The summed E-state index contributed by atoms with van der Waals surface area (Å²) in [5, 5.41) is 1.37. The second-order valence-electron chi connectivity index (χ2n) is 8.68. The maximum Gasteiger partial charge on any atom is 0.494 e. The van der Waals surface area contributed by atoms with E-state index in [1.807, 2.05) is 64.1 Å². The summed E-state index contributed by atoms with van der Waals surface area (Å²) in [6.45, 7) is 9.50. The predicted octanol–water partition coefficient (Wildman–Crippen LogP) is 5.98. The van der Waals surface area contributed by atoms with Crippen LogP contribution in [-0.4, -0.2) is 46.1 Å².